The molecule has 3 saturated carbocycles. The molecule has 0 spiro atoms. The maximum atomic E-state index is 13.8. The molecule has 1 unspecified atom stereocenters. The Labute approximate surface area is 239 Å². The fourth-order valence-corrected chi connectivity index (χ4v) is 9.44. The highest BCUT2D eigenvalue weighted by Gasteiger charge is 2.63. The number of aromatic nitrogens is 3. The lowest BCUT2D eigenvalue weighted by Crippen LogP contribution is -2.57. The van der Waals surface area contributed by atoms with E-state index in [2.05, 4.69) is 24.2 Å². The molecule has 6 nitrogen and oxygen atoms in total. The van der Waals surface area contributed by atoms with Crippen LogP contribution in [0, 0.1) is 40.4 Å². The maximum Gasteiger partial charge on any atom is 0.416 e. The van der Waals surface area contributed by atoms with Crippen LogP contribution in [0.25, 0.3) is 11.0 Å². The van der Waals surface area contributed by atoms with Crippen LogP contribution in [0.2, 0.25) is 5.02 Å². The highest BCUT2D eigenvalue weighted by Crippen LogP contribution is 2.67. The lowest BCUT2D eigenvalue weighted by Gasteiger charge is -2.60. The summed E-state index contributed by atoms with van der Waals surface area (Å²) in [6, 6.07) is 5.33. The van der Waals surface area contributed by atoms with Crippen LogP contribution in [0.5, 0.6) is 0 Å². The number of Topliss-reactive ketones (excluding diaryl/α,β-unsaturated/α-hetero) is 1. The number of benzene rings is 1. The van der Waals surface area contributed by atoms with Gasteiger partial charge in [-0.2, -0.15) is 13.2 Å². The second-order valence-corrected chi connectivity index (χ2v) is 13.6. The molecule has 8 atom stereocenters. The number of alkyl halides is 3. The third-order valence-corrected chi connectivity index (χ3v) is 11.6. The minimum atomic E-state index is -4.68. The largest absolute Gasteiger partial charge is 0.416 e. The molecular weight excluding hydrogens is 543 g/mol. The van der Waals surface area contributed by atoms with Crippen LogP contribution < -0.4 is 0 Å². The minimum Gasteiger partial charge on any atom is -0.384 e. The monoisotopic (exact) mass is 583 g/mol. The van der Waals surface area contributed by atoms with Crippen molar-refractivity contribution in [2.24, 2.45) is 40.4 Å². The van der Waals surface area contributed by atoms with Crippen LogP contribution in [0.15, 0.2) is 18.2 Å². The van der Waals surface area contributed by atoms with Gasteiger partial charge in [0.2, 0.25) is 0 Å². The van der Waals surface area contributed by atoms with E-state index in [-0.39, 0.29) is 41.9 Å². The van der Waals surface area contributed by atoms with Crippen molar-refractivity contribution >= 4 is 28.4 Å². The number of carbonyl (C=O) groups excluding carboxylic acids is 1. The molecule has 2 aromatic rings. The van der Waals surface area contributed by atoms with Crippen molar-refractivity contribution in [2.75, 3.05) is 13.7 Å². The summed E-state index contributed by atoms with van der Waals surface area (Å²) in [7, 11) is 1.62. The summed E-state index contributed by atoms with van der Waals surface area (Å²) in [5.74, 6) is 0.626. The number of aliphatic hydroxyl groups is 1. The number of carbonyl (C=O) groups is 1. The van der Waals surface area contributed by atoms with E-state index in [9.17, 15) is 23.1 Å². The van der Waals surface area contributed by atoms with Gasteiger partial charge in [0.1, 0.15) is 12.1 Å². The predicted octanol–water partition coefficient (Wildman–Crippen LogP) is 6.87. The first-order valence-electron chi connectivity index (χ1n) is 14.6. The van der Waals surface area contributed by atoms with E-state index < -0.39 is 17.2 Å². The molecule has 3 aliphatic rings. The summed E-state index contributed by atoms with van der Waals surface area (Å²) in [5.41, 5.74) is -1.89. The summed E-state index contributed by atoms with van der Waals surface area (Å²) < 4.78 is 48.5. The number of rotatable bonds is 8. The van der Waals surface area contributed by atoms with E-state index in [4.69, 9.17) is 16.3 Å². The number of methoxy groups -OCH3 is 1. The summed E-state index contributed by atoms with van der Waals surface area (Å²) in [6.45, 7) is 5.75. The van der Waals surface area contributed by atoms with Gasteiger partial charge in [0.05, 0.1) is 12.1 Å². The molecule has 5 rings (SSSR count). The smallest absolute Gasteiger partial charge is 0.384 e. The summed E-state index contributed by atoms with van der Waals surface area (Å²) in [4.78, 5) is 13.8. The predicted molar refractivity (Wildman–Crippen MR) is 147 cm³/mol. The summed E-state index contributed by atoms with van der Waals surface area (Å²) >= 11 is 6.18. The fourth-order valence-electron chi connectivity index (χ4n) is 9.28. The van der Waals surface area contributed by atoms with E-state index in [0.717, 1.165) is 44.5 Å². The third-order valence-electron chi connectivity index (χ3n) is 11.3. The van der Waals surface area contributed by atoms with Crippen molar-refractivity contribution in [3.8, 4) is 0 Å². The Morgan fingerprint density at radius 3 is 2.62 bits per heavy atom. The van der Waals surface area contributed by atoms with Gasteiger partial charge in [0.15, 0.2) is 11.4 Å². The van der Waals surface area contributed by atoms with Gasteiger partial charge >= 0.3 is 6.18 Å². The zero-order chi connectivity index (χ0) is 29.1. The van der Waals surface area contributed by atoms with Crippen LogP contribution in [0.4, 0.5) is 13.2 Å². The Kier molecular flexibility index (Phi) is 7.84. The van der Waals surface area contributed by atoms with Crippen LogP contribution in [-0.2, 0) is 16.1 Å². The van der Waals surface area contributed by atoms with Crippen LogP contribution in [0.1, 0.15) is 72.1 Å². The van der Waals surface area contributed by atoms with E-state index in [1.165, 1.54) is 0 Å². The Morgan fingerprint density at radius 1 is 1.20 bits per heavy atom. The number of fused-ring (bicyclic) bond motifs is 4. The van der Waals surface area contributed by atoms with Crippen LogP contribution >= 0.6 is 11.6 Å². The average Bonchev–Trinajstić information content (AvgIpc) is 3.44. The van der Waals surface area contributed by atoms with Gasteiger partial charge in [0, 0.05) is 18.1 Å². The van der Waals surface area contributed by atoms with Gasteiger partial charge in [-0.05, 0) is 111 Å². The number of hydrogen-bond acceptors (Lipinski definition) is 5. The first kappa shape index (κ1) is 29.8. The van der Waals surface area contributed by atoms with Crippen LogP contribution in [0.3, 0.4) is 0 Å². The molecule has 10 heteroatoms. The lowest BCUT2D eigenvalue weighted by atomic mass is 9.45. The molecule has 222 valence electrons. The second kappa shape index (κ2) is 10.5. The van der Waals surface area contributed by atoms with Gasteiger partial charge in [-0.1, -0.05) is 30.7 Å². The normalized spacial score (nSPS) is 35.8. The van der Waals surface area contributed by atoms with Crippen molar-refractivity contribution in [1.29, 1.82) is 0 Å². The lowest BCUT2D eigenvalue weighted by molar-refractivity contribution is -0.266. The Bertz CT molecular complexity index is 1250. The van der Waals surface area contributed by atoms with Gasteiger partial charge in [-0.15, -0.1) is 5.10 Å². The summed E-state index contributed by atoms with van der Waals surface area (Å²) in [6.07, 6.45) is 0.620. The van der Waals surface area contributed by atoms with Gasteiger partial charge in [-0.25, -0.2) is 4.68 Å². The number of ketones is 1. The molecule has 3 fully saturated rings. The van der Waals surface area contributed by atoms with Crippen molar-refractivity contribution in [3.63, 3.8) is 0 Å². The molecule has 3 aliphatic carbocycles. The Balaban J connectivity index is 1.38. The SMILES string of the molecule is CC[C@@]1(COC)[C@@H](CC(C)(O)C(F)(F)F)CC[C@H]2[C@@H]3CC[C@H](C(=O)Cn4nnc5ccc(Cl)cc54)[C@@]3(C)CC[C@@H]21. The highest BCUT2D eigenvalue weighted by molar-refractivity contribution is 6.31. The zero-order valence-electron chi connectivity index (χ0n) is 23.8. The highest BCUT2D eigenvalue weighted by atomic mass is 35.5. The Morgan fingerprint density at radius 2 is 1.95 bits per heavy atom. The van der Waals surface area contributed by atoms with Gasteiger partial charge < -0.3 is 9.84 Å². The van der Waals surface area contributed by atoms with Crippen molar-refractivity contribution in [3.05, 3.63) is 23.2 Å². The fraction of sp³-hybridized carbons (Fsp3) is 0.767. The molecule has 0 saturated heterocycles. The van der Waals surface area contributed by atoms with E-state index in [0.29, 0.717) is 41.8 Å². The number of nitrogens with zero attached hydrogens (tertiary/aromatic N) is 3. The van der Waals surface area contributed by atoms with Crippen LogP contribution in [-0.4, -0.2) is 51.4 Å². The van der Waals surface area contributed by atoms with E-state index in [1.807, 2.05) is 0 Å². The van der Waals surface area contributed by atoms with Gasteiger partial charge in [0.25, 0.3) is 0 Å². The molecule has 0 bridgehead atoms. The molecule has 1 aromatic carbocycles. The number of ether oxygens (including phenoxy) is 1. The molecule has 0 aliphatic heterocycles. The number of halogens is 4. The third kappa shape index (κ3) is 4.77. The standard InChI is InChI=1S/C30H41ClF3N3O3/c1-5-29(17-40-4)18(15-28(3,39)30(32,33)34)6-8-20-21-9-10-23(27(21,2)13-12-22(20)29)26(38)16-37-25-14-19(31)7-11-24(25)35-36-37/h7,11,14,18,20-23,39H,5-6,8-10,12-13,15-17H2,1-4H3/t18-,20+,21+,22+,23-,27+,28?,29-/m1/s1. The minimum absolute atomic E-state index is 0.0981. The second-order valence-electron chi connectivity index (χ2n) is 13.2. The molecule has 0 radical (unpaired) electrons. The molecule has 1 aromatic heterocycles. The zero-order valence-corrected chi connectivity index (χ0v) is 24.6. The molecule has 40 heavy (non-hydrogen) atoms. The number of hydrogen-bond donors (Lipinski definition) is 1. The first-order chi connectivity index (χ1) is 18.8. The molecule has 1 N–H and O–H groups in total. The molecular formula is C30H41ClF3N3O3. The van der Waals surface area contributed by atoms with Crippen molar-refractivity contribution in [1.82, 2.24) is 15.0 Å². The summed E-state index contributed by atoms with van der Waals surface area (Å²) in [5, 5.41) is 19.4. The molecule has 1 heterocycles. The van der Waals surface area contributed by atoms with Crippen molar-refractivity contribution in [2.45, 2.75) is 90.5 Å². The molecule has 0 amide bonds. The quantitative estimate of drug-likeness (QED) is 0.367. The average molecular weight is 584 g/mol. The first-order valence-corrected chi connectivity index (χ1v) is 14.9. The van der Waals surface area contributed by atoms with E-state index >= 15 is 0 Å². The van der Waals surface area contributed by atoms with E-state index in [1.54, 1.807) is 30.0 Å². The van der Waals surface area contributed by atoms with Gasteiger partial charge in [-0.3, -0.25) is 4.79 Å². The maximum absolute atomic E-state index is 13.8. The van der Waals surface area contributed by atoms with Crippen molar-refractivity contribution < 1.29 is 27.8 Å². The Hall–Kier alpha value is -1.71. The topological polar surface area (TPSA) is 77.2 Å².